The van der Waals surface area contributed by atoms with Crippen molar-refractivity contribution in [2.75, 3.05) is 40.3 Å². The van der Waals surface area contributed by atoms with Gasteiger partial charge >= 0.3 is 0 Å². The number of amides is 1. The molecule has 8 heteroatoms. The molecule has 3 rings (SSSR count). The molecule has 0 aliphatic carbocycles. The van der Waals surface area contributed by atoms with Crippen molar-refractivity contribution in [3.63, 3.8) is 0 Å². The summed E-state index contributed by atoms with van der Waals surface area (Å²) in [6.45, 7) is 3.93. The van der Waals surface area contributed by atoms with Gasteiger partial charge in [0.05, 0.1) is 19.2 Å². The molecule has 1 aromatic heterocycles. The SMILES string of the molecule is CN(C)C(=O)CNC(=NCc1ccccc1CN1CCC(O)C1)NCCc1cccs1. The summed E-state index contributed by atoms with van der Waals surface area (Å²) in [7, 11) is 3.49. The number of rotatable bonds is 9. The van der Waals surface area contributed by atoms with E-state index in [1.807, 2.05) is 12.1 Å². The van der Waals surface area contributed by atoms with Crippen molar-refractivity contribution in [3.8, 4) is 0 Å². The van der Waals surface area contributed by atoms with Crippen molar-refractivity contribution in [2.24, 2.45) is 4.99 Å². The average Bonchev–Trinajstić information content (AvgIpc) is 3.42. The number of carbonyl (C=O) groups excluding carboxylic acids is 1. The van der Waals surface area contributed by atoms with Crippen LogP contribution in [-0.4, -0.2) is 73.2 Å². The molecule has 2 aromatic rings. The first-order chi connectivity index (χ1) is 15.0. The highest BCUT2D eigenvalue weighted by atomic mass is 32.1. The molecule has 1 aliphatic heterocycles. The molecule has 1 amide bonds. The maximum Gasteiger partial charge on any atom is 0.241 e. The fraction of sp³-hybridized carbons (Fsp3) is 0.478. The molecule has 31 heavy (non-hydrogen) atoms. The van der Waals surface area contributed by atoms with E-state index in [9.17, 15) is 9.90 Å². The van der Waals surface area contributed by atoms with Crippen LogP contribution >= 0.6 is 11.3 Å². The molecular weight excluding hydrogens is 410 g/mol. The van der Waals surface area contributed by atoms with Crippen LogP contribution in [0.25, 0.3) is 0 Å². The number of aliphatic imine (C=N–C) groups is 1. The predicted octanol–water partition coefficient (Wildman–Crippen LogP) is 1.68. The highest BCUT2D eigenvalue weighted by Gasteiger charge is 2.20. The molecule has 1 aromatic carbocycles. The molecule has 1 saturated heterocycles. The topological polar surface area (TPSA) is 80.2 Å². The number of hydrogen-bond donors (Lipinski definition) is 3. The molecule has 2 heterocycles. The van der Waals surface area contributed by atoms with E-state index in [-0.39, 0.29) is 18.6 Å². The summed E-state index contributed by atoms with van der Waals surface area (Å²) in [6, 6.07) is 12.5. The van der Waals surface area contributed by atoms with E-state index in [2.05, 4.69) is 45.2 Å². The Morgan fingerprint density at radius 1 is 1.23 bits per heavy atom. The minimum absolute atomic E-state index is 0.000693. The molecule has 0 spiro atoms. The van der Waals surface area contributed by atoms with E-state index < -0.39 is 0 Å². The van der Waals surface area contributed by atoms with E-state index in [1.165, 1.54) is 10.4 Å². The van der Waals surface area contributed by atoms with E-state index in [1.54, 1.807) is 30.3 Å². The van der Waals surface area contributed by atoms with Crippen LogP contribution in [0.5, 0.6) is 0 Å². The molecule has 1 aliphatic rings. The van der Waals surface area contributed by atoms with Gasteiger partial charge in [-0.25, -0.2) is 4.99 Å². The van der Waals surface area contributed by atoms with Gasteiger partial charge in [-0.1, -0.05) is 30.3 Å². The van der Waals surface area contributed by atoms with Crippen LogP contribution in [0.2, 0.25) is 0 Å². The molecule has 168 valence electrons. The summed E-state index contributed by atoms with van der Waals surface area (Å²) in [5.74, 6) is 0.638. The van der Waals surface area contributed by atoms with Crippen molar-refractivity contribution >= 4 is 23.2 Å². The van der Waals surface area contributed by atoms with Crippen LogP contribution < -0.4 is 10.6 Å². The van der Waals surface area contributed by atoms with Gasteiger partial charge in [0.25, 0.3) is 0 Å². The third-order valence-electron chi connectivity index (χ3n) is 5.32. The second-order valence-corrected chi connectivity index (χ2v) is 9.04. The maximum atomic E-state index is 12.0. The largest absolute Gasteiger partial charge is 0.392 e. The molecule has 0 saturated carbocycles. The summed E-state index contributed by atoms with van der Waals surface area (Å²) in [5.41, 5.74) is 2.38. The van der Waals surface area contributed by atoms with Gasteiger partial charge in [0.15, 0.2) is 5.96 Å². The number of aliphatic hydroxyl groups excluding tert-OH is 1. The summed E-state index contributed by atoms with van der Waals surface area (Å²) >= 11 is 1.74. The Kier molecular flexibility index (Phi) is 8.87. The molecule has 1 fully saturated rings. The Balaban J connectivity index is 1.63. The lowest BCUT2D eigenvalue weighted by atomic mass is 10.1. The van der Waals surface area contributed by atoms with Gasteiger partial charge < -0.3 is 20.6 Å². The number of carbonyl (C=O) groups is 1. The quantitative estimate of drug-likeness (QED) is 0.406. The molecule has 1 atom stereocenters. The fourth-order valence-corrected chi connectivity index (χ4v) is 4.19. The van der Waals surface area contributed by atoms with E-state index in [4.69, 9.17) is 4.99 Å². The smallest absolute Gasteiger partial charge is 0.241 e. The van der Waals surface area contributed by atoms with Crippen LogP contribution in [0.1, 0.15) is 22.4 Å². The summed E-state index contributed by atoms with van der Waals surface area (Å²) in [4.78, 5) is 21.9. The number of aliphatic hydroxyl groups is 1. The number of guanidine groups is 1. The standard InChI is InChI=1S/C23H33N5O2S/c1-27(2)22(30)15-26-23(24-11-9-21-8-5-13-31-21)25-14-18-6-3-4-7-19(18)16-28-12-10-20(29)17-28/h3-8,13,20,29H,9-12,14-17H2,1-2H3,(H2,24,25,26). The fourth-order valence-electron chi connectivity index (χ4n) is 3.48. The van der Waals surface area contributed by atoms with Gasteiger partial charge in [-0.05, 0) is 35.4 Å². The normalized spacial score (nSPS) is 17.0. The second kappa shape index (κ2) is 11.8. The second-order valence-electron chi connectivity index (χ2n) is 8.01. The highest BCUT2D eigenvalue weighted by molar-refractivity contribution is 7.09. The van der Waals surface area contributed by atoms with Crippen LogP contribution in [0.3, 0.4) is 0 Å². The molecule has 1 unspecified atom stereocenters. The first-order valence-electron chi connectivity index (χ1n) is 10.7. The third-order valence-corrected chi connectivity index (χ3v) is 6.25. The number of benzene rings is 1. The first-order valence-corrected chi connectivity index (χ1v) is 11.6. The van der Waals surface area contributed by atoms with Crippen molar-refractivity contribution < 1.29 is 9.90 Å². The number of nitrogens with one attached hydrogen (secondary N) is 2. The summed E-state index contributed by atoms with van der Waals surface area (Å²) in [5, 5.41) is 18.4. The van der Waals surface area contributed by atoms with Crippen LogP contribution in [-0.2, 0) is 24.3 Å². The van der Waals surface area contributed by atoms with Gasteiger partial charge in [-0.15, -0.1) is 11.3 Å². The Hall–Kier alpha value is -2.42. The Bertz CT molecular complexity index is 853. The number of nitrogens with zero attached hydrogens (tertiary/aromatic N) is 3. The molecular formula is C23H33N5O2S. The number of likely N-dealkylation sites (tertiary alicyclic amines) is 1. The lowest BCUT2D eigenvalue weighted by molar-refractivity contribution is -0.127. The Morgan fingerprint density at radius 3 is 2.71 bits per heavy atom. The van der Waals surface area contributed by atoms with Crippen LogP contribution in [0.15, 0.2) is 46.8 Å². The zero-order valence-corrected chi connectivity index (χ0v) is 19.2. The lowest BCUT2D eigenvalue weighted by Gasteiger charge is -2.18. The van der Waals surface area contributed by atoms with Gasteiger partial charge in [0, 0.05) is 45.2 Å². The summed E-state index contributed by atoms with van der Waals surface area (Å²) < 4.78 is 0. The van der Waals surface area contributed by atoms with Crippen molar-refractivity contribution in [2.45, 2.75) is 32.0 Å². The van der Waals surface area contributed by atoms with E-state index in [0.717, 1.165) is 44.6 Å². The van der Waals surface area contributed by atoms with Gasteiger partial charge in [-0.2, -0.15) is 0 Å². The molecule has 3 N–H and O–H groups in total. The van der Waals surface area contributed by atoms with Gasteiger partial charge in [-0.3, -0.25) is 9.69 Å². The number of β-amino-alcohol motifs (C(OH)–C–C–N with tert-alkyl or cyclic N) is 1. The zero-order valence-electron chi connectivity index (χ0n) is 18.4. The van der Waals surface area contributed by atoms with Crippen molar-refractivity contribution in [1.29, 1.82) is 0 Å². The minimum atomic E-state index is -0.220. The minimum Gasteiger partial charge on any atom is -0.392 e. The first kappa shape index (κ1) is 23.2. The molecule has 7 nitrogen and oxygen atoms in total. The summed E-state index contributed by atoms with van der Waals surface area (Å²) in [6.07, 6.45) is 1.53. The van der Waals surface area contributed by atoms with Crippen molar-refractivity contribution in [3.05, 3.63) is 57.8 Å². The third kappa shape index (κ3) is 7.65. The molecule has 0 bridgehead atoms. The number of thiophene rings is 1. The van der Waals surface area contributed by atoms with Crippen LogP contribution in [0, 0.1) is 0 Å². The zero-order chi connectivity index (χ0) is 22.1. The average molecular weight is 444 g/mol. The maximum absolute atomic E-state index is 12.0. The monoisotopic (exact) mass is 443 g/mol. The Morgan fingerprint density at radius 2 is 2.03 bits per heavy atom. The van der Waals surface area contributed by atoms with Gasteiger partial charge in [0.1, 0.15) is 0 Å². The van der Waals surface area contributed by atoms with Gasteiger partial charge in [0.2, 0.25) is 5.91 Å². The predicted molar refractivity (Wildman–Crippen MR) is 126 cm³/mol. The number of likely N-dealkylation sites (N-methyl/N-ethyl adjacent to an activating group) is 1. The van der Waals surface area contributed by atoms with Crippen molar-refractivity contribution in [1.82, 2.24) is 20.4 Å². The van der Waals surface area contributed by atoms with E-state index >= 15 is 0 Å². The van der Waals surface area contributed by atoms with E-state index in [0.29, 0.717) is 12.5 Å². The van der Waals surface area contributed by atoms with Crippen LogP contribution in [0.4, 0.5) is 0 Å². The number of hydrogen-bond acceptors (Lipinski definition) is 5. The lowest BCUT2D eigenvalue weighted by Crippen LogP contribution is -2.43. The molecule has 0 radical (unpaired) electrons. The Labute approximate surface area is 188 Å². The highest BCUT2D eigenvalue weighted by Crippen LogP contribution is 2.17.